The van der Waals surface area contributed by atoms with Crippen LogP contribution in [0.4, 0.5) is 0 Å². The molecule has 1 amide bonds. The third-order valence-corrected chi connectivity index (χ3v) is 7.08. The minimum Gasteiger partial charge on any atom is -0.477 e. The van der Waals surface area contributed by atoms with Crippen LogP contribution in [0.3, 0.4) is 0 Å². The topological polar surface area (TPSA) is 125 Å². The van der Waals surface area contributed by atoms with E-state index in [0.717, 1.165) is 4.88 Å². The molecule has 2 atom stereocenters. The van der Waals surface area contributed by atoms with E-state index in [-0.39, 0.29) is 17.0 Å². The molecule has 4 heterocycles. The van der Waals surface area contributed by atoms with E-state index < -0.39 is 12.0 Å². The second-order valence-electron chi connectivity index (χ2n) is 5.44. The number of thioether (sulfide) groups is 2. The molecule has 2 aliphatic heterocycles. The van der Waals surface area contributed by atoms with Crippen molar-refractivity contribution in [2.24, 2.45) is 5.73 Å². The molecule has 0 spiro atoms. The predicted molar refractivity (Wildman–Crippen MR) is 96.1 cm³/mol. The summed E-state index contributed by atoms with van der Waals surface area (Å²) in [5.41, 5.74) is 6.49. The van der Waals surface area contributed by atoms with Crippen LogP contribution in [0, 0.1) is 0 Å². The van der Waals surface area contributed by atoms with Gasteiger partial charge in [0.05, 0.1) is 4.88 Å². The van der Waals surface area contributed by atoms with Gasteiger partial charge in [0, 0.05) is 11.5 Å². The molecule has 1 saturated heterocycles. The number of hydrogen-bond donors (Lipinski definition) is 3. The number of carboxylic acid groups (broad SMARTS) is 1. The number of nitrogens with two attached hydrogens (primary N) is 1. The maximum absolute atomic E-state index is 11.9. The van der Waals surface area contributed by atoms with Crippen LogP contribution >= 0.6 is 34.9 Å². The summed E-state index contributed by atoms with van der Waals surface area (Å²) in [5.74, 6) is 0.198. The average Bonchev–Trinajstić information content (AvgIpc) is 3.29. The predicted octanol–water partition coefficient (Wildman–Crippen LogP) is 1.21. The fraction of sp³-hybridized carbons (Fsp3) is 0.286. The molecule has 11 heteroatoms. The molecule has 4 rings (SSSR count). The van der Waals surface area contributed by atoms with Crippen LogP contribution in [0.25, 0.3) is 10.7 Å². The van der Waals surface area contributed by atoms with Crippen LogP contribution < -0.4 is 5.73 Å². The van der Waals surface area contributed by atoms with Gasteiger partial charge in [-0.3, -0.25) is 9.69 Å². The van der Waals surface area contributed by atoms with Crippen molar-refractivity contribution in [2.75, 3.05) is 11.5 Å². The van der Waals surface area contributed by atoms with Gasteiger partial charge in [0.1, 0.15) is 17.1 Å². The van der Waals surface area contributed by atoms with Gasteiger partial charge >= 0.3 is 5.97 Å². The minimum atomic E-state index is -1.10. The van der Waals surface area contributed by atoms with Crippen molar-refractivity contribution < 1.29 is 14.7 Å². The molecule has 2 aromatic rings. The van der Waals surface area contributed by atoms with Gasteiger partial charge in [-0.1, -0.05) is 17.8 Å². The van der Waals surface area contributed by atoms with Crippen molar-refractivity contribution in [1.29, 1.82) is 0 Å². The zero-order valence-electron chi connectivity index (χ0n) is 12.7. The van der Waals surface area contributed by atoms with Gasteiger partial charge in [0.25, 0.3) is 0 Å². The van der Waals surface area contributed by atoms with Gasteiger partial charge in [0.2, 0.25) is 5.91 Å². The summed E-state index contributed by atoms with van der Waals surface area (Å²) in [6.07, 6.45) is 0. The Hall–Kier alpha value is -1.82. The maximum Gasteiger partial charge on any atom is 0.352 e. The van der Waals surface area contributed by atoms with Gasteiger partial charge in [-0.2, -0.15) is 0 Å². The van der Waals surface area contributed by atoms with Crippen LogP contribution in [-0.2, 0) is 9.59 Å². The molecule has 130 valence electrons. The summed E-state index contributed by atoms with van der Waals surface area (Å²) in [7, 11) is 0. The Bertz CT molecular complexity index is 863. The lowest BCUT2D eigenvalue weighted by molar-refractivity contribution is -0.147. The van der Waals surface area contributed by atoms with Crippen molar-refractivity contribution in [3.63, 3.8) is 0 Å². The molecule has 1 fully saturated rings. The zero-order valence-corrected chi connectivity index (χ0v) is 15.2. The molecule has 0 bridgehead atoms. The van der Waals surface area contributed by atoms with Crippen LogP contribution in [0.15, 0.2) is 33.9 Å². The summed E-state index contributed by atoms with van der Waals surface area (Å²) in [6, 6.07) is 3.27. The highest BCUT2D eigenvalue weighted by atomic mass is 32.2. The van der Waals surface area contributed by atoms with Crippen LogP contribution in [0.5, 0.6) is 0 Å². The monoisotopic (exact) mass is 395 g/mol. The van der Waals surface area contributed by atoms with E-state index in [1.807, 2.05) is 17.5 Å². The number of amides is 1. The first-order valence-electron chi connectivity index (χ1n) is 7.31. The van der Waals surface area contributed by atoms with Gasteiger partial charge in [-0.05, 0) is 17.0 Å². The van der Waals surface area contributed by atoms with Gasteiger partial charge in [-0.15, -0.1) is 33.3 Å². The molecule has 25 heavy (non-hydrogen) atoms. The molecule has 0 saturated carbocycles. The molecule has 2 aromatic heterocycles. The number of β-lactam (4-membered cyclic amide) rings is 1. The standard InChI is InChI=1S/C14H13N5O3S3/c15-8-11(20)19-9(13(21)22)6(4-24-12(8)19)5-25-14-16-10(17-18-14)7-2-1-3-23-7/h1-3,8,12H,4-5,15H2,(H,21,22)(H,16,17,18)/t8?,12-/m1/s1. The second-order valence-corrected chi connectivity index (χ2v) is 8.45. The highest BCUT2D eigenvalue weighted by Crippen LogP contribution is 2.40. The van der Waals surface area contributed by atoms with Crippen LogP contribution in [0.2, 0.25) is 0 Å². The Labute approximate surface area is 154 Å². The summed E-state index contributed by atoms with van der Waals surface area (Å²) in [5, 5.41) is 20.0. The SMILES string of the molecule is NC1C(=O)N2C(C(=O)O)=C(CSc3nnc(-c4cccs4)[nH]3)CS[C@H]12. The molecule has 8 nitrogen and oxygen atoms in total. The number of rotatable bonds is 5. The van der Waals surface area contributed by atoms with Crippen molar-refractivity contribution >= 4 is 46.7 Å². The van der Waals surface area contributed by atoms with Crippen LogP contribution in [-0.4, -0.2) is 60.0 Å². The number of hydrogen-bond acceptors (Lipinski definition) is 8. The molecule has 0 aliphatic carbocycles. The van der Waals surface area contributed by atoms with Gasteiger partial charge in [-0.25, -0.2) is 4.79 Å². The Morgan fingerprint density at radius 2 is 2.36 bits per heavy atom. The fourth-order valence-corrected chi connectivity index (χ4v) is 5.59. The quantitative estimate of drug-likeness (QED) is 0.509. The Balaban J connectivity index is 1.51. The first-order valence-corrected chi connectivity index (χ1v) is 10.2. The number of nitrogens with one attached hydrogen (secondary N) is 1. The van der Waals surface area contributed by atoms with Gasteiger partial charge < -0.3 is 15.8 Å². The fourth-order valence-electron chi connectivity index (χ4n) is 2.68. The number of aliphatic carboxylic acids is 1. The Morgan fingerprint density at radius 1 is 1.52 bits per heavy atom. The molecule has 0 radical (unpaired) electrons. The first-order chi connectivity index (χ1) is 12.1. The third-order valence-electron chi connectivity index (χ3n) is 3.89. The lowest BCUT2D eigenvalue weighted by Gasteiger charge is -2.48. The molecule has 0 aromatic carbocycles. The maximum atomic E-state index is 11.9. The summed E-state index contributed by atoms with van der Waals surface area (Å²) >= 11 is 4.42. The minimum absolute atomic E-state index is 0.0564. The first kappa shape index (κ1) is 16.6. The number of carboxylic acids is 1. The highest BCUT2D eigenvalue weighted by molar-refractivity contribution is 8.01. The zero-order chi connectivity index (χ0) is 17.6. The van der Waals surface area contributed by atoms with E-state index in [2.05, 4.69) is 15.2 Å². The van der Waals surface area contributed by atoms with Crippen molar-refractivity contribution in [3.05, 3.63) is 28.8 Å². The molecule has 1 unspecified atom stereocenters. The normalized spacial score (nSPS) is 22.8. The number of fused-ring (bicyclic) bond motifs is 1. The van der Waals surface area contributed by atoms with Crippen molar-refractivity contribution in [1.82, 2.24) is 20.1 Å². The summed E-state index contributed by atoms with van der Waals surface area (Å²) in [6.45, 7) is 0. The second kappa shape index (κ2) is 6.48. The molecular formula is C14H13N5O3S3. The highest BCUT2D eigenvalue weighted by Gasteiger charge is 2.51. The largest absolute Gasteiger partial charge is 0.477 e. The molecular weight excluding hydrogens is 382 g/mol. The molecule has 2 aliphatic rings. The smallest absolute Gasteiger partial charge is 0.352 e. The number of aromatic amines is 1. The lowest BCUT2D eigenvalue weighted by Crippen LogP contribution is -2.68. The van der Waals surface area contributed by atoms with E-state index in [1.54, 1.807) is 11.3 Å². The van der Waals surface area contributed by atoms with E-state index in [0.29, 0.717) is 28.1 Å². The van der Waals surface area contributed by atoms with E-state index >= 15 is 0 Å². The number of carbonyl (C=O) groups excluding carboxylic acids is 1. The Kier molecular flexibility index (Phi) is 4.31. The lowest BCUT2D eigenvalue weighted by atomic mass is 10.0. The van der Waals surface area contributed by atoms with E-state index in [9.17, 15) is 14.7 Å². The van der Waals surface area contributed by atoms with Gasteiger partial charge in [0.15, 0.2) is 11.0 Å². The average molecular weight is 395 g/mol. The number of H-pyrrole nitrogens is 1. The number of nitrogens with zero attached hydrogens (tertiary/aromatic N) is 3. The number of aromatic nitrogens is 3. The number of thiophene rings is 1. The Morgan fingerprint density at radius 3 is 3.08 bits per heavy atom. The molecule has 4 N–H and O–H groups in total. The van der Waals surface area contributed by atoms with E-state index in [1.165, 1.54) is 28.4 Å². The summed E-state index contributed by atoms with van der Waals surface area (Å²) in [4.78, 5) is 29.0. The van der Waals surface area contributed by atoms with E-state index in [4.69, 9.17) is 5.73 Å². The third kappa shape index (κ3) is 2.86. The number of carbonyl (C=O) groups is 2. The summed E-state index contributed by atoms with van der Waals surface area (Å²) < 4.78 is 0. The van der Waals surface area contributed by atoms with Crippen LogP contribution in [0.1, 0.15) is 0 Å². The van der Waals surface area contributed by atoms with Crippen molar-refractivity contribution in [3.8, 4) is 10.7 Å². The van der Waals surface area contributed by atoms with Crippen molar-refractivity contribution in [2.45, 2.75) is 16.6 Å².